The van der Waals surface area contributed by atoms with Crippen LogP contribution in [0.15, 0.2) is 30.3 Å². The van der Waals surface area contributed by atoms with Crippen LogP contribution in [0.4, 0.5) is 0 Å². The van der Waals surface area contributed by atoms with Crippen molar-refractivity contribution in [1.82, 2.24) is 0 Å². The first kappa shape index (κ1) is 13.3. The first-order valence-corrected chi connectivity index (χ1v) is 7.09. The van der Waals surface area contributed by atoms with Crippen molar-refractivity contribution in [2.24, 2.45) is 5.92 Å². The van der Waals surface area contributed by atoms with Gasteiger partial charge in [-0.1, -0.05) is 31.5 Å². The maximum absolute atomic E-state index is 11.9. The fraction of sp³-hybridized carbons (Fsp3) is 0.267. The Bertz CT molecular complexity index is 584. The number of halogens is 1. The monoisotopic (exact) mass is 278 g/mol. The Balaban J connectivity index is 2.38. The van der Waals surface area contributed by atoms with E-state index in [1.54, 1.807) is 11.3 Å². The number of ketones is 1. The first-order chi connectivity index (χ1) is 8.49. The highest BCUT2D eigenvalue weighted by Crippen LogP contribution is 2.32. The second-order valence-corrected chi connectivity index (χ2v) is 6.16. The minimum absolute atomic E-state index is 0.0443. The highest BCUT2D eigenvalue weighted by atomic mass is 35.5. The molecule has 0 atom stereocenters. The number of carbonyl (C=O) groups excluding carboxylic acids is 1. The zero-order valence-corrected chi connectivity index (χ0v) is 12.2. The second-order valence-electron chi connectivity index (χ2n) is 4.64. The molecule has 1 aromatic heterocycles. The number of benzene rings is 1. The van der Waals surface area contributed by atoms with Crippen LogP contribution in [0.2, 0.25) is 5.02 Å². The highest BCUT2D eigenvalue weighted by molar-refractivity contribution is 7.17. The lowest BCUT2D eigenvalue weighted by Crippen LogP contribution is -2.04. The molecule has 0 aliphatic carbocycles. The van der Waals surface area contributed by atoms with Crippen molar-refractivity contribution in [2.75, 3.05) is 0 Å². The summed E-state index contributed by atoms with van der Waals surface area (Å²) in [6.07, 6.45) is 0. The molecule has 0 amide bonds. The van der Waals surface area contributed by atoms with Crippen LogP contribution in [0.3, 0.4) is 0 Å². The minimum Gasteiger partial charge on any atom is -0.293 e. The Hall–Kier alpha value is -1.12. The smallest absolute Gasteiger partial charge is 0.175 e. The summed E-state index contributed by atoms with van der Waals surface area (Å²) in [5.41, 5.74) is 2.28. The van der Waals surface area contributed by atoms with E-state index >= 15 is 0 Å². The molecule has 1 nitrogen and oxygen atoms in total. The maximum atomic E-state index is 11.9. The lowest BCUT2D eigenvalue weighted by atomic mass is 10.1. The summed E-state index contributed by atoms with van der Waals surface area (Å²) in [6.45, 7) is 5.88. The van der Waals surface area contributed by atoms with E-state index < -0.39 is 0 Å². The van der Waals surface area contributed by atoms with Crippen LogP contribution in [-0.2, 0) is 0 Å². The van der Waals surface area contributed by atoms with Gasteiger partial charge in [0.25, 0.3) is 0 Å². The molecule has 0 saturated heterocycles. The van der Waals surface area contributed by atoms with Crippen LogP contribution in [0.5, 0.6) is 0 Å². The molecule has 1 heterocycles. The van der Waals surface area contributed by atoms with Crippen LogP contribution >= 0.6 is 22.9 Å². The van der Waals surface area contributed by atoms with E-state index in [-0.39, 0.29) is 11.7 Å². The Morgan fingerprint density at radius 1 is 1.22 bits per heavy atom. The fourth-order valence-corrected chi connectivity index (χ4v) is 3.21. The van der Waals surface area contributed by atoms with E-state index in [9.17, 15) is 4.79 Å². The van der Waals surface area contributed by atoms with Crippen molar-refractivity contribution < 1.29 is 4.79 Å². The quantitative estimate of drug-likeness (QED) is 0.704. The van der Waals surface area contributed by atoms with E-state index in [0.717, 1.165) is 25.9 Å². The van der Waals surface area contributed by atoms with Gasteiger partial charge in [0.1, 0.15) is 0 Å². The van der Waals surface area contributed by atoms with Gasteiger partial charge in [-0.15, -0.1) is 11.3 Å². The van der Waals surface area contributed by atoms with Crippen LogP contribution < -0.4 is 0 Å². The average molecular weight is 279 g/mol. The summed E-state index contributed by atoms with van der Waals surface area (Å²) in [5.74, 6) is 0.251. The zero-order chi connectivity index (χ0) is 13.3. The lowest BCUT2D eigenvalue weighted by Gasteiger charge is -2.03. The molecule has 1 aromatic carbocycles. The van der Waals surface area contributed by atoms with Crippen LogP contribution in [0.1, 0.15) is 29.1 Å². The third kappa shape index (κ3) is 2.65. The molecule has 0 fully saturated rings. The number of thiophene rings is 1. The minimum atomic E-state index is 0.0443. The number of carbonyl (C=O) groups is 1. The highest BCUT2D eigenvalue weighted by Gasteiger charge is 2.14. The van der Waals surface area contributed by atoms with Gasteiger partial charge in [-0.3, -0.25) is 4.79 Å². The molecule has 0 N–H and O–H groups in total. The van der Waals surface area contributed by atoms with Crippen molar-refractivity contribution in [2.45, 2.75) is 20.8 Å². The zero-order valence-electron chi connectivity index (χ0n) is 10.7. The van der Waals surface area contributed by atoms with Gasteiger partial charge in [0.05, 0.1) is 4.88 Å². The molecule has 0 aliphatic heterocycles. The summed E-state index contributed by atoms with van der Waals surface area (Å²) in [6, 6.07) is 9.76. The SMILES string of the molecule is Cc1cc(Cl)ccc1-c1ccc(C(=O)C(C)C)s1. The van der Waals surface area contributed by atoms with Crippen molar-refractivity contribution in [3.05, 3.63) is 45.8 Å². The normalized spacial score (nSPS) is 10.9. The summed E-state index contributed by atoms with van der Waals surface area (Å²) < 4.78 is 0. The fourth-order valence-electron chi connectivity index (χ4n) is 1.80. The predicted octanol–water partition coefficient (Wildman–Crippen LogP) is 5.22. The third-order valence-corrected chi connectivity index (χ3v) is 4.20. The molecule has 2 rings (SSSR count). The topological polar surface area (TPSA) is 17.1 Å². The third-order valence-electron chi connectivity index (χ3n) is 2.83. The van der Waals surface area contributed by atoms with Crippen molar-refractivity contribution >= 4 is 28.7 Å². The number of hydrogen-bond acceptors (Lipinski definition) is 2. The van der Waals surface area contributed by atoms with Crippen LogP contribution in [-0.4, -0.2) is 5.78 Å². The van der Waals surface area contributed by atoms with Gasteiger partial charge in [0.15, 0.2) is 5.78 Å². The molecule has 0 spiro atoms. The molecule has 0 saturated carbocycles. The van der Waals surface area contributed by atoms with Crippen molar-refractivity contribution in [3.63, 3.8) is 0 Å². The van der Waals surface area contributed by atoms with Gasteiger partial charge < -0.3 is 0 Å². The second kappa shape index (κ2) is 5.25. The van der Waals surface area contributed by atoms with Crippen molar-refractivity contribution in [3.8, 4) is 10.4 Å². The molecular formula is C15H15ClOS. The Kier molecular flexibility index (Phi) is 3.88. The van der Waals surface area contributed by atoms with Gasteiger partial charge in [-0.2, -0.15) is 0 Å². The van der Waals surface area contributed by atoms with Gasteiger partial charge in [0, 0.05) is 15.8 Å². The molecular weight excluding hydrogens is 264 g/mol. The molecule has 0 bridgehead atoms. The maximum Gasteiger partial charge on any atom is 0.175 e. The molecule has 3 heteroatoms. The molecule has 18 heavy (non-hydrogen) atoms. The predicted molar refractivity (Wildman–Crippen MR) is 78.7 cm³/mol. The molecule has 94 valence electrons. The summed E-state index contributed by atoms with van der Waals surface area (Å²) in [7, 11) is 0. The van der Waals surface area contributed by atoms with Gasteiger partial charge in [0.2, 0.25) is 0 Å². The van der Waals surface area contributed by atoms with E-state index in [1.165, 1.54) is 0 Å². The first-order valence-electron chi connectivity index (χ1n) is 5.89. The van der Waals surface area contributed by atoms with Gasteiger partial charge in [-0.05, 0) is 42.3 Å². The number of rotatable bonds is 3. The van der Waals surface area contributed by atoms with E-state index in [0.29, 0.717) is 0 Å². The lowest BCUT2D eigenvalue weighted by molar-refractivity contribution is 0.0943. The standard InChI is InChI=1S/C15H15ClOS/c1-9(2)15(17)14-7-6-13(18-14)12-5-4-11(16)8-10(12)3/h4-9H,1-3H3. The van der Waals surface area contributed by atoms with Gasteiger partial charge in [-0.25, -0.2) is 0 Å². The molecule has 0 aliphatic rings. The molecule has 0 unspecified atom stereocenters. The Labute approximate surface area is 116 Å². The largest absolute Gasteiger partial charge is 0.293 e. The summed E-state index contributed by atoms with van der Waals surface area (Å²) >= 11 is 7.50. The Morgan fingerprint density at radius 3 is 2.56 bits per heavy atom. The molecule has 0 radical (unpaired) electrons. The van der Waals surface area contributed by atoms with E-state index in [2.05, 4.69) is 0 Å². The van der Waals surface area contributed by atoms with Crippen LogP contribution in [0.25, 0.3) is 10.4 Å². The number of Topliss-reactive ketones (excluding diaryl/α,β-unsaturated/α-hetero) is 1. The van der Waals surface area contributed by atoms with E-state index in [1.807, 2.05) is 51.1 Å². The Morgan fingerprint density at radius 2 is 1.94 bits per heavy atom. The number of aryl methyl sites for hydroxylation is 1. The summed E-state index contributed by atoms with van der Waals surface area (Å²) in [5, 5.41) is 0.742. The van der Waals surface area contributed by atoms with E-state index in [4.69, 9.17) is 11.6 Å². The average Bonchev–Trinajstić information content (AvgIpc) is 2.77. The van der Waals surface area contributed by atoms with Crippen LogP contribution in [0, 0.1) is 12.8 Å². The number of hydrogen-bond donors (Lipinski definition) is 0. The molecule has 2 aromatic rings. The van der Waals surface area contributed by atoms with Gasteiger partial charge >= 0.3 is 0 Å². The summed E-state index contributed by atoms with van der Waals surface area (Å²) in [4.78, 5) is 13.9. The van der Waals surface area contributed by atoms with Crippen molar-refractivity contribution in [1.29, 1.82) is 0 Å².